The molecular weight excluding hydrogens is 194 g/mol. The van der Waals surface area contributed by atoms with E-state index in [1.54, 1.807) is 16.9 Å². The van der Waals surface area contributed by atoms with Gasteiger partial charge in [-0.05, 0) is 0 Å². The van der Waals surface area contributed by atoms with Crippen molar-refractivity contribution in [2.24, 2.45) is 0 Å². The Morgan fingerprint density at radius 2 is 1.00 bits per heavy atom. The van der Waals surface area contributed by atoms with Crippen LogP contribution < -0.4 is 0 Å². The fraction of sp³-hybridized carbons (Fsp3) is 1.00. The summed E-state index contributed by atoms with van der Waals surface area (Å²) in [6.45, 7) is 6.65. The summed E-state index contributed by atoms with van der Waals surface area (Å²) in [6.07, 6.45) is 0. The van der Waals surface area contributed by atoms with Crippen molar-refractivity contribution >= 4 is 41.7 Å². The summed E-state index contributed by atoms with van der Waals surface area (Å²) in [5, 5.41) is 0. The van der Waals surface area contributed by atoms with Crippen LogP contribution in [0, 0.1) is 0 Å². The van der Waals surface area contributed by atoms with Gasteiger partial charge < -0.3 is 0 Å². The second kappa shape index (κ2) is 5.28. The molecule has 7 heavy (non-hydrogen) atoms. The van der Waals surface area contributed by atoms with Gasteiger partial charge in [0.25, 0.3) is 0 Å². The molecule has 0 aliphatic rings. The third-order valence-electron chi connectivity index (χ3n) is 0. The SMILES string of the molecule is CC(C)(C)[AsH2].Cl.Cl. The quantitative estimate of drug-likeness (QED) is 0.530. The Labute approximate surface area is 66.8 Å². The maximum Gasteiger partial charge on any atom is -0.147 e. The zero-order valence-corrected chi connectivity index (χ0v) is 8.95. The molecule has 0 fully saturated rings. The zero-order valence-electron chi connectivity index (χ0n) is 4.89. The smallest absolute Gasteiger partial charge is 0.147 e. The van der Waals surface area contributed by atoms with Crippen molar-refractivity contribution in [3.8, 4) is 0 Å². The molecule has 0 N–H and O–H groups in total. The van der Waals surface area contributed by atoms with Crippen molar-refractivity contribution in [3.05, 3.63) is 0 Å². The van der Waals surface area contributed by atoms with Crippen LogP contribution in [0.25, 0.3) is 0 Å². The Morgan fingerprint density at radius 3 is 1.00 bits per heavy atom. The first-order chi connectivity index (χ1) is 2.00. The van der Waals surface area contributed by atoms with E-state index >= 15 is 0 Å². The second-order valence-corrected chi connectivity index (χ2v) is 6.00. The molecule has 0 aromatic heterocycles. The van der Waals surface area contributed by atoms with E-state index < -0.39 is 0 Å². The van der Waals surface area contributed by atoms with Crippen molar-refractivity contribution in [1.29, 1.82) is 0 Å². The van der Waals surface area contributed by atoms with Gasteiger partial charge in [-0.2, -0.15) is 0 Å². The molecule has 48 valence electrons. The van der Waals surface area contributed by atoms with E-state index in [-0.39, 0.29) is 24.8 Å². The molecule has 0 spiro atoms. The minimum Gasteiger partial charge on any atom is -0.147 e. The maximum atomic E-state index is 2.22. The van der Waals surface area contributed by atoms with Gasteiger partial charge in [0.2, 0.25) is 0 Å². The zero-order chi connectivity index (χ0) is 4.50. The average molecular weight is 207 g/mol. The van der Waals surface area contributed by atoms with E-state index in [0.717, 1.165) is 0 Å². The molecule has 1 unspecified atom stereocenters. The molecule has 0 aliphatic carbocycles. The van der Waals surface area contributed by atoms with E-state index in [9.17, 15) is 0 Å². The van der Waals surface area contributed by atoms with Crippen LogP contribution in [0.15, 0.2) is 0 Å². The van der Waals surface area contributed by atoms with Crippen LogP contribution >= 0.6 is 24.8 Å². The van der Waals surface area contributed by atoms with E-state index in [1.807, 2.05) is 0 Å². The number of hydrogen-bond acceptors (Lipinski definition) is 0. The predicted octanol–water partition coefficient (Wildman–Crippen LogP) is 1.68. The Bertz CT molecular complexity index is 25.2. The van der Waals surface area contributed by atoms with Crippen molar-refractivity contribution < 1.29 is 0 Å². The minimum absolute atomic E-state index is 0. The van der Waals surface area contributed by atoms with Crippen LogP contribution in [0.5, 0.6) is 0 Å². The molecule has 0 aromatic rings. The third-order valence-corrected chi connectivity index (χ3v) is 0. The van der Waals surface area contributed by atoms with Gasteiger partial charge in [-0.15, -0.1) is 24.8 Å². The maximum absolute atomic E-state index is 2.22. The summed E-state index contributed by atoms with van der Waals surface area (Å²) >= 11 is 1.79. The molecule has 0 amide bonds. The molecule has 0 aromatic carbocycles. The van der Waals surface area contributed by atoms with E-state index in [4.69, 9.17) is 0 Å². The van der Waals surface area contributed by atoms with Gasteiger partial charge in [0.05, 0.1) is 0 Å². The first-order valence-corrected chi connectivity index (χ1v) is 3.00. The number of hydrogen-bond donors (Lipinski definition) is 0. The summed E-state index contributed by atoms with van der Waals surface area (Å²) in [5.74, 6) is 0. The summed E-state index contributed by atoms with van der Waals surface area (Å²) in [6, 6.07) is 0. The van der Waals surface area contributed by atoms with Gasteiger partial charge >= 0.3 is 41.8 Å². The molecule has 3 heteroatoms. The van der Waals surface area contributed by atoms with Gasteiger partial charge in [0, 0.05) is 0 Å². The minimum atomic E-state index is 0. The predicted molar refractivity (Wildman–Crippen MR) is 42.8 cm³/mol. The first kappa shape index (κ1) is 15.7. The van der Waals surface area contributed by atoms with Gasteiger partial charge in [-0.25, -0.2) is 0 Å². The summed E-state index contributed by atoms with van der Waals surface area (Å²) in [5.41, 5.74) is 0. The van der Waals surface area contributed by atoms with Gasteiger partial charge in [0.15, 0.2) is 0 Å². The van der Waals surface area contributed by atoms with Gasteiger partial charge in [0.1, 0.15) is 0 Å². The summed E-state index contributed by atoms with van der Waals surface area (Å²) in [7, 11) is 0. The Morgan fingerprint density at radius 1 is 1.00 bits per heavy atom. The van der Waals surface area contributed by atoms with E-state index in [1.165, 1.54) is 0 Å². The molecule has 0 nitrogen and oxygen atoms in total. The Hall–Kier alpha value is 1.14. The Kier molecular flexibility index (Phi) is 11.8. The summed E-state index contributed by atoms with van der Waals surface area (Å²) < 4.78 is 0.562. The van der Waals surface area contributed by atoms with Crippen LogP contribution in [0.3, 0.4) is 0 Å². The molecule has 0 rings (SSSR count). The molecule has 0 aliphatic heterocycles. The van der Waals surface area contributed by atoms with Crippen LogP contribution in [0.4, 0.5) is 0 Å². The molecule has 0 saturated heterocycles. The number of halogens is 2. The van der Waals surface area contributed by atoms with E-state index in [0.29, 0.717) is 4.20 Å². The fourth-order valence-electron chi connectivity index (χ4n) is 0. The molecule has 0 saturated carbocycles. The van der Waals surface area contributed by atoms with Crippen LogP contribution in [-0.4, -0.2) is 16.9 Å². The standard InChI is InChI=1S/C4H11As.2ClH/c1-4(2,3)5;;/h5H2,1-3H3;2*1H. The average Bonchev–Trinajstić information content (AvgIpc) is 0.722. The summed E-state index contributed by atoms with van der Waals surface area (Å²) in [4.78, 5) is 0. The third kappa shape index (κ3) is 145. The van der Waals surface area contributed by atoms with Gasteiger partial charge in [-0.1, -0.05) is 0 Å². The molecule has 1 atom stereocenters. The van der Waals surface area contributed by atoms with E-state index in [2.05, 4.69) is 20.8 Å². The first-order valence-electron chi connectivity index (χ1n) is 1.79. The molecule has 0 radical (unpaired) electrons. The second-order valence-electron chi connectivity index (χ2n) is 2.37. The van der Waals surface area contributed by atoms with Crippen LogP contribution in [-0.2, 0) is 0 Å². The number of rotatable bonds is 0. The largest absolute Gasteiger partial charge is 0.147 e. The van der Waals surface area contributed by atoms with Crippen LogP contribution in [0.2, 0.25) is 4.20 Å². The van der Waals surface area contributed by atoms with Crippen LogP contribution in [0.1, 0.15) is 20.8 Å². The normalized spacial score (nSPS) is 8.57. The van der Waals surface area contributed by atoms with Crippen molar-refractivity contribution in [2.75, 3.05) is 0 Å². The fourth-order valence-corrected chi connectivity index (χ4v) is 0. The Balaban J connectivity index is -0.0000000800. The van der Waals surface area contributed by atoms with Gasteiger partial charge in [-0.3, -0.25) is 0 Å². The molecular formula is C4H13AsCl2. The monoisotopic (exact) mass is 206 g/mol. The van der Waals surface area contributed by atoms with Crippen molar-refractivity contribution in [3.63, 3.8) is 0 Å². The van der Waals surface area contributed by atoms with Crippen molar-refractivity contribution in [1.82, 2.24) is 0 Å². The molecule has 0 heterocycles. The molecule has 0 bridgehead atoms. The topological polar surface area (TPSA) is 0 Å². The van der Waals surface area contributed by atoms with Crippen molar-refractivity contribution in [2.45, 2.75) is 25.0 Å².